The molecule has 0 bridgehead atoms. The van der Waals surface area contributed by atoms with Crippen LogP contribution in [0.25, 0.3) is 11.5 Å². The Kier molecular flexibility index (Phi) is 4.79. The first-order valence-electron chi connectivity index (χ1n) is 9.11. The van der Waals surface area contributed by atoms with Gasteiger partial charge < -0.3 is 9.52 Å². The molecule has 0 aliphatic carbocycles. The van der Waals surface area contributed by atoms with Crippen molar-refractivity contribution in [2.24, 2.45) is 5.92 Å². The summed E-state index contributed by atoms with van der Waals surface area (Å²) in [5.41, 5.74) is 0.0854. The Morgan fingerprint density at radius 3 is 2.67 bits per heavy atom. The van der Waals surface area contributed by atoms with E-state index in [1.54, 1.807) is 0 Å². The van der Waals surface area contributed by atoms with Gasteiger partial charge in [0.05, 0.1) is 18.4 Å². The highest BCUT2D eigenvalue weighted by atomic mass is 32.2. The Morgan fingerprint density at radius 2 is 1.93 bits per heavy atom. The van der Waals surface area contributed by atoms with Crippen LogP contribution in [0.2, 0.25) is 0 Å². The van der Waals surface area contributed by atoms with Gasteiger partial charge in [-0.15, -0.1) is 10.2 Å². The van der Waals surface area contributed by atoms with Crippen LogP contribution in [-0.4, -0.2) is 71.0 Å². The number of hydrogen-bond donors (Lipinski definition) is 1. The predicted octanol–water partition coefficient (Wildman–Crippen LogP) is 0.955. The number of aromatic nitrogens is 2. The summed E-state index contributed by atoms with van der Waals surface area (Å²) in [4.78, 5) is 2.15. The molecule has 1 N–H and O–H groups in total. The number of rotatable bonds is 4. The molecule has 3 heterocycles. The Labute approximate surface area is 158 Å². The second-order valence-corrected chi connectivity index (χ2v) is 9.51. The molecule has 0 radical (unpaired) electrons. The Balaban J connectivity index is 1.43. The standard InChI is InChI=1S/C18H24N4O4S/c1-27(24,25)22-10-8-18(23)7-9-21(11-15(18)12-22)13-16-19-20-17(26-16)14-5-3-2-4-6-14/h2-6,15,23H,7-13H2,1H3/t15-,18-/m1/s1. The van der Waals surface area contributed by atoms with Crippen LogP contribution in [0.15, 0.2) is 34.7 Å². The zero-order valence-corrected chi connectivity index (χ0v) is 16.1. The molecule has 2 aliphatic heterocycles. The van der Waals surface area contributed by atoms with Gasteiger partial charge in [0.15, 0.2) is 0 Å². The lowest BCUT2D eigenvalue weighted by Gasteiger charge is -2.49. The number of aliphatic hydroxyl groups is 1. The van der Waals surface area contributed by atoms with Gasteiger partial charge in [-0.3, -0.25) is 4.90 Å². The van der Waals surface area contributed by atoms with E-state index in [4.69, 9.17) is 4.42 Å². The van der Waals surface area contributed by atoms with Crippen molar-refractivity contribution in [1.29, 1.82) is 0 Å². The van der Waals surface area contributed by atoms with E-state index in [1.807, 2.05) is 30.3 Å². The van der Waals surface area contributed by atoms with Gasteiger partial charge in [-0.25, -0.2) is 12.7 Å². The third-order valence-corrected chi connectivity index (χ3v) is 6.90. The molecule has 2 atom stereocenters. The van der Waals surface area contributed by atoms with Crippen molar-refractivity contribution >= 4 is 10.0 Å². The fraction of sp³-hybridized carbons (Fsp3) is 0.556. The molecule has 9 heteroatoms. The fourth-order valence-electron chi connectivity index (χ4n) is 3.99. The molecule has 4 rings (SSSR count). The summed E-state index contributed by atoms with van der Waals surface area (Å²) < 4.78 is 31.0. The Hall–Kier alpha value is -1.81. The predicted molar refractivity (Wildman–Crippen MR) is 99.1 cm³/mol. The van der Waals surface area contributed by atoms with Gasteiger partial charge in [-0.1, -0.05) is 18.2 Å². The maximum absolute atomic E-state index is 11.9. The Bertz CT molecular complexity index is 901. The molecule has 2 aliphatic rings. The van der Waals surface area contributed by atoms with Crippen molar-refractivity contribution in [2.45, 2.75) is 25.0 Å². The van der Waals surface area contributed by atoms with Crippen molar-refractivity contribution in [3.63, 3.8) is 0 Å². The van der Waals surface area contributed by atoms with Gasteiger partial charge in [0, 0.05) is 37.7 Å². The largest absolute Gasteiger partial charge is 0.419 e. The van der Waals surface area contributed by atoms with Crippen LogP contribution in [0, 0.1) is 5.92 Å². The van der Waals surface area contributed by atoms with Crippen LogP contribution in [0.1, 0.15) is 18.7 Å². The maximum atomic E-state index is 11.9. The van der Waals surface area contributed by atoms with Gasteiger partial charge in [-0.2, -0.15) is 0 Å². The summed E-state index contributed by atoms with van der Waals surface area (Å²) >= 11 is 0. The summed E-state index contributed by atoms with van der Waals surface area (Å²) in [6.07, 6.45) is 2.33. The van der Waals surface area contributed by atoms with Crippen LogP contribution >= 0.6 is 0 Å². The average molecular weight is 392 g/mol. The summed E-state index contributed by atoms with van der Waals surface area (Å²) in [5.74, 6) is 0.890. The van der Waals surface area contributed by atoms with E-state index in [0.717, 1.165) is 12.1 Å². The molecular formula is C18H24N4O4S. The number of sulfonamides is 1. The van der Waals surface area contributed by atoms with Gasteiger partial charge in [-0.05, 0) is 25.0 Å². The topological polar surface area (TPSA) is 99.8 Å². The van der Waals surface area contributed by atoms with Crippen LogP contribution < -0.4 is 0 Å². The van der Waals surface area contributed by atoms with Gasteiger partial charge >= 0.3 is 0 Å². The van der Waals surface area contributed by atoms with E-state index in [9.17, 15) is 13.5 Å². The molecular weight excluding hydrogens is 368 g/mol. The van der Waals surface area contributed by atoms with Crippen LogP contribution in [-0.2, 0) is 16.6 Å². The smallest absolute Gasteiger partial charge is 0.247 e. The minimum absolute atomic E-state index is 0.119. The lowest BCUT2D eigenvalue weighted by molar-refractivity contribution is -0.103. The van der Waals surface area contributed by atoms with E-state index in [-0.39, 0.29) is 5.92 Å². The number of benzene rings is 1. The average Bonchev–Trinajstić information content (AvgIpc) is 3.10. The third kappa shape index (κ3) is 3.91. The highest BCUT2D eigenvalue weighted by Gasteiger charge is 2.46. The van der Waals surface area contributed by atoms with Crippen molar-refractivity contribution < 1.29 is 17.9 Å². The third-order valence-electron chi connectivity index (χ3n) is 5.63. The van der Waals surface area contributed by atoms with Crippen LogP contribution in [0.3, 0.4) is 0 Å². The van der Waals surface area contributed by atoms with Crippen molar-refractivity contribution in [3.05, 3.63) is 36.2 Å². The highest BCUT2D eigenvalue weighted by Crippen LogP contribution is 2.36. The summed E-state index contributed by atoms with van der Waals surface area (Å²) in [6.45, 7) is 2.55. The molecule has 1 aromatic carbocycles. The van der Waals surface area contributed by atoms with E-state index < -0.39 is 15.6 Å². The van der Waals surface area contributed by atoms with E-state index in [1.165, 1.54) is 10.6 Å². The first-order valence-corrected chi connectivity index (χ1v) is 11.0. The summed E-state index contributed by atoms with van der Waals surface area (Å²) in [6, 6.07) is 9.60. The summed E-state index contributed by atoms with van der Waals surface area (Å²) in [7, 11) is -3.24. The minimum Gasteiger partial charge on any atom is -0.419 e. The number of nitrogens with zero attached hydrogens (tertiary/aromatic N) is 4. The van der Waals surface area contributed by atoms with Crippen molar-refractivity contribution in [3.8, 4) is 11.5 Å². The summed E-state index contributed by atoms with van der Waals surface area (Å²) in [5, 5.41) is 19.2. The number of piperidine rings is 2. The van der Waals surface area contributed by atoms with E-state index in [2.05, 4.69) is 15.1 Å². The SMILES string of the molecule is CS(=O)(=O)N1CC[C@]2(O)CCN(Cc3nnc(-c4ccccc4)o3)C[C@@H]2C1. The first-order chi connectivity index (χ1) is 12.8. The molecule has 0 spiro atoms. The Morgan fingerprint density at radius 1 is 1.19 bits per heavy atom. The molecule has 2 saturated heterocycles. The van der Waals surface area contributed by atoms with E-state index >= 15 is 0 Å². The number of hydrogen-bond acceptors (Lipinski definition) is 7. The fourth-order valence-corrected chi connectivity index (χ4v) is 4.87. The quantitative estimate of drug-likeness (QED) is 0.827. The number of fused-ring (bicyclic) bond motifs is 1. The molecule has 8 nitrogen and oxygen atoms in total. The zero-order valence-electron chi connectivity index (χ0n) is 15.3. The second kappa shape index (κ2) is 6.97. The molecule has 2 fully saturated rings. The van der Waals surface area contributed by atoms with Crippen LogP contribution in [0.5, 0.6) is 0 Å². The molecule has 0 saturated carbocycles. The van der Waals surface area contributed by atoms with Gasteiger partial charge in [0.1, 0.15) is 0 Å². The molecule has 27 heavy (non-hydrogen) atoms. The second-order valence-electron chi connectivity index (χ2n) is 7.52. The van der Waals surface area contributed by atoms with Gasteiger partial charge in [0.25, 0.3) is 0 Å². The normalized spacial score (nSPS) is 27.4. The maximum Gasteiger partial charge on any atom is 0.247 e. The number of likely N-dealkylation sites (tertiary alicyclic amines) is 1. The molecule has 1 aromatic heterocycles. The van der Waals surface area contributed by atoms with Crippen molar-refractivity contribution in [1.82, 2.24) is 19.4 Å². The highest BCUT2D eigenvalue weighted by molar-refractivity contribution is 7.88. The lowest BCUT2D eigenvalue weighted by Crippen LogP contribution is -2.60. The first kappa shape index (κ1) is 18.5. The molecule has 146 valence electrons. The van der Waals surface area contributed by atoms with Crippen molar-refractivity contribution in [2.75, 3.05) is 32.4 Å². The monoisotopic (exact) mass is 392 g/mol. The minimum atomic E-state index is -3.24. The molecule has 0 amide bonds. The van der Waals surface area contributed by atoms with Gasteiger partial charge in [0.2, 0.25) is 21.8 Å². The van der Waals surface area contributed by atoms with E-state index in [0.29, 0.717) is 50.8 Å². The lowest BCUT2D eigenvalue weighted by atomic mass is 9.76. The molecule has 2 aromatic rings. The zero-order chi connectivity index (χ0) is 19.1. The van der Waals surface area contributed by atoms with Crippen LogP contribution in [0.4, 0.5) is 0 Å². The molecule has 0 unspecified atom stereocenters.